The first-order valence-corrected chi connectivity index (χ1v) is 7.15. The normalized spacial score (nSPS) is 10.2. The molecule has 1 aromatic heterocycles. The fourth-order valence-electron chi connectivity index (χ4n) is 2.09. The van der Waals surface area contributed by atoms with Gasteiger partial charge in [-0.25, -0.2) is 4.79 Å². The van der Waals surface area contributed by atoms with Crippen molar-refractivity contribution in [1.29, 1.82) is 0 Å². The van der Waals surface area contributed by atoms with Crippen molar-refractivity contribution in [2.45, 2.75) is 13.5 Å². The number of aryl methyl sites for hydroxylation is 1. The first kappa shape index (κ1) is 17.9. The van der Waals surface area contributed by atoms with E-state index in [1.165, 1.54) is 0 Å². The average molecular weight is 345 g/mol. The molecule has 0 spiro atoms. The molecule has 0 saturated carbocycles. The maximum absolute atomic E-state index is 12.1. The van der Waals surface area contributed by atoms with Gasteiger partial charge in [0.1, 0.15) is 6.54 Å². The van der Waals surface area contributed by atoms with Crippen LogP contribution < -0.4 is 10.9 Å². The third-order valence-corrected chi connectivity index (χ3v) is 3.33. The van der Waals surface area contributed by atoms with E-state index in [1.54, 1.807) is 24.3 Å². The van der Waals surface area contributed by atoms with Crippen molar-refractivity contribution in [2.75, 3.05) is 12.4 Å². The molecule has 2 rings (SSSR count). The molecular formula is C16H15N3O6. The molecule has 0 saturated heterocycles. The van der Waals surface area contributed by atoms with Crippen LogP contribution >= 0.6 is 0 Å². The Bertz CT molecular complexity index is 886. The first-order chi connectivity index (χ1) is 11.8. The van der Waals surface area contributed by atoms with Crippen LogP contribution in [0, 0.1) is 17.0 Å². The third kappa shape index (κ3) is 4.28. The Morgan fingerprint density at radius 2 is 1.92 bits per heavy atom. The molecule has 0 aliphatic heterocycles. The van der Waals surface area contributed by atoms with Gasteiger partial charge in [-0.2, -0.15) is 0 Å². The van der Waals surface area contributed by atoms with Crippen molar-refractivity contribution in [2.24, 2.45) is 0 Å². The number of carbonyl (C=O) groups excluding carboxylic acids is 2. The highest BCUT2D eigenvalue weighted by atomic mass is 16.6. The molecule has 0 aliphatic rings. The Labute approximate surface area is 142 Å². The number of esters is 1. The molecule has 2 aromatic rings. The standard InChI is InChI=1S/C16H15N3O6/c1-10-3-5-12(6-4-10)17-14(20)9-18-8-11(16(22)25-2)7-13(15(18)21)19(23)24/h3-8H,9H2,1-2H3,(H,17,20). The predicted octanol–water partition coefficient (Wildman–Crippen LogP) is 1.49. The van der Waals surface area contributed by atoms with E-state index in [-0.39, 0.29) is 5.56 Å². The summed E-state index contributed by atoms with van der Waals surface area (Å²) in [5.74, 6) is -1.42. The van der Waals surface area contributed by atoms with Crippen molar-refractivity contribution >= 4 is 23.3 Å². The quantitative estimate of drug-likeness (QED) is 0.498. The van der Waals surface area contributed by atoms with E-state index in [0.29, 0.717) is 5.69 Å². The largest absolute Gasteiger partial charge is 0.465 e. The van der Waals surface area contributed by atoms with E-state index in [9.17, 15) is 24.5 Å². The second-order valence-electron chi connectivity index (χ2n) is 5.21. The minimum Gasteiger partial charge on any atom is -0.465 e. The predicted molar refractivity (Wildman–Crippen MR) is 88.5 cm³/mol. The lowest BCUT2D eigenvalue weighted by molar-refractivity contribution is -0.386. The number of methoxy groups -OCH3 is 1. The molecule has 0 aliphatic carbocycles. The zero-order valence-electron chi connectivity index (χ0n) is 13.5. The number of anilines is 1. The van der Waals surface area contributed by atoms with Crippen molar-refractivity contribution in [3.05, 3.63) is 68.1 Å². The van der Waals surface area contributed by atoms with Crippen LogP contribution in [0.2, 0.25) is 0 Å². The van der Waals surface area contributed by atoms with Gasteiger partial charge in [0.05, 0.1) is 17.6 Å². The smallest absolute Gasteiger partial charge is 0.339 e. The lowest BCUT2D eigenvalue weighted by Crippen LogP contribution is -2.29. The molecule has 0 atom stereocenters. The topological polar surface area (TPSA) is 121 Å². The van der Waals surface area contributed by atoms with Crippen molar-refractivity contribution in [1.82, 2.24) is 4.57 Å². The van der Waals surface area contributed by atoms with Crippen LogP contribution in [0.3, 0.4) is 0 Å². The second kappa shape index (κ2) is 7.39. The van der Waals surface area contributed by atoms with Gasteiger partial charge in [0.15, 0.2) is 0 Å². The zero-order chi connectivity index (χ0) is 18.6. The van der Waals surface area contributed by atoms with Gasteiger partial charge >= 0.3 is 17.2 Å². The molecule has 1 N–H and O–H groups in total. The highest BCUT2D eigenvalue weighted by Gasteiger charge is 2.21. The Hall–Kier alpha value is -3.49. The van der Waals surface area contributed by atoms with E-state index < -0.39 is 34.6 Å². The van der Waals surface area contributed by atoms with Gasteiger partial charge < -0.3 is 10.1 Å². The van der Waals surface area contributed by atoms with Crippen LogP contribution in [0.1, 0.15) is 15.9 Å². The number of pyridine rings is 1. The van der Waals surface area contributed by atoms with Crippen LogP contribution in [0.25, 0.3) is 0 Å². The summed E-state index contributed by atoms with van der Waals surface area (Å²) in [6.45, 7) is 1.40. The van der Waals surface area contributed by atoms with Gasteiger partial charge in [-0.15, -0.1) is 0 Å². The molecule has 130 valence electrons. The molecule has 25 heavy (non-hydrogen) atoms. The number of amides is 1. The molecule has 0 radical (unpaired) electrons. The number of nitrogens with one attached hydrogen (secondary N) is 1. The van der Waals surface area contributed by atoms with Gasteiger partial charge in [0.25, 0.3) is 0 Å². The van der Waals surface area contributed by atoms with E-state index in [4.69, 9.17) is 0 Å². The summed E-state index contributed by atoms with van der Waals surface area (Å²) >= 11 is 0. The highest BCUT2D eigenvalue weighted by Crippen LogP contribution is 2.11. The Kier molecular flexibility index (Phi) is 5.28. The van der Waals surface area contributed by atoms with Crippen molar-refractivity contribution in [3.63, 3.8) is 0 Å². The van der Waals surface area contributed by atoms with Gasteiger partial charge in [0, 0.05) is 18.0 Å². The number of hydrogen-bond donors (Lipinski definition) is 1. The fraction of sp³-hybridized carbons (Fsp3) is 0.188. The molecule has 9 heteroatoms. The fourth-order valence-corrected chi connectivity index (χ4v) is 2.09. The Morgan fingerprint density at radius 1 is 1.28 bits per heavy atom. The van der Waals surface area contributed by atoms with Crippen molar-refractivity contribution in [3.8, 4) is 0 Å². The Balaban J connectivity index is 2.30. The molecule has 1 aromatic carbocycles. The number of carbonyl (C=O) groups is 2. The number of ether oxygens (including phenoxy) is 1. The summed E-state index contributed by atoms with van der Waals surface area (Å²) in [6.07, 6.45) is 1.05. The molecule has 0 fully saturated rings. The summed E-state index contributed by atoms with van der Waals surface area (Å²) < 4.78 is 5.30. The molecular weight excluding hydrogens is 330 g/mol. The van der Waals surface area contributed by atoms with Crippen molar-refractivity contribution < 1.29 is 19.2 Å². The number of nitro groups is 1. The molecule has 1 heterocycles. The molecule has 0 bridgehead atoms. The lowest BCUT2D eigenvalue weighted by Gasteiger charge is -2.09. The Morgan fingerprint density at radius 3 is 2.48 bits per heavy atom. The zero-order valence-corrected chi connectivity index (χ0v) is 13.5. The van der Waals surface area contributed by atoms with E-state index in [1.807, 2.05) is 6.92 Å². The average Bonchev–Trinajstić information content (AvgIpc) is 2.57. The number of rotatable bonds is 5. The highest BCUT2D eigenvalue weighted by molar-refractivity contribution is 5.91. The van der Waals surface area contributed by atoms with Crippen LogP contribution in [-0.4, -0.2) is 28.5 Å². The van der Waals surface area contributed by atoms with Gasteiger partial charge in [-0.05, 0) is 19.1 Å². The van der Waals surface area contributed by atoms with Crippen LogP contribution in [0.5, 0.6) is 0 Å². The van der Waals surface area contributed by atoms with Gasteiger partial charge in [-0.3, -0.25) is 24.3 Å². The summed E-state index contributed by atoms with van der Waals surface area (Å²) in [4.78, 5) is 45.9. The number of benzene rings is 1. The number of hydrogen-bond acceptors (Lipinski definition) is 6. The SMILES string of the molecule is COC(=O)c1cc([N+](=O)[O-])c(=O)n(CC(=O)Nc2ccc(C)cc2)c1. The molecule has 0 unspecified atom stereocenters. The monoisotopic (exact) mass is 345 g/mol. The summed E-state index contributed by atoms with van der Waals surface area (Å²) in [7, 11) is 1.10. The van der Waals surface area contributed by atoms with Crippen LogP contribution in [0.15, 0.2) is 41.3 Å². The van der Waals surface area contributed by atoms with Gasteiger partial charge in [0.2, 0.25) is 5.91 Å². The number of aromatic nitrogens is 1. The summed E-state index contributed by atoms with van der Waals surface area (Å²) in [6, 6.07) is 7.78. The first-order valence-electron chi connectivity index (χ1n) is 7.15. The van der Waals surface area contributed by atoms with E-state index in [0.717, 1.165) is 29.5 Å². The third-order valence-electron chi connectivity index (χ3n) is 3.33. The maximum Gasteiger partial charge on any atom is 0.339 e. The minimum absolute atomic E-state index is 0.197. The molecule has 1 amide bonds. The maximum atomic E-state index is 12.1. The minimum atomic E-state index is -0.989. The summed E-state index contributed by atoms with van der Waals surface area (Å²) in [5, 5.41) is 13.6. The molecule has 9 nitrogen and oxygen atoms in total. The van der Waals surface area contributed by atoms with Crippen LogP contribution in [0.4, 0.5) is 11.4 Å². The van der Waals surface area contributed by atoms with E-state index in [2.05, 4.69) is 10.1 Å². The second-order valence-corrected chi connectivity index (χ2v) is 5.21. The van der Waals surface area contributed by atoms with Crippen LogP contribution in [-0.2, 0) is 16.1 Å². The lowest BCUT2D eigenvalue weighted by atomic mass is 10.2. The number of nitrogens with zero attached hydrogens (tertiary/aromatic N) is 2. The van der Waals surface area contributed by atoms with Gasteiger partial charge in [-0.1, -0.05) is 17.7 Å². The van der Waals surface area contributed by atoms with E-state index >= 15 is 0 Å². The summed E-state index contributed by atoms with van der Waals surface area (Å²) in [5.41, 5.74) is -0.474.